The molecule has 1 atom stereocenters. The highest BCUT2D eigenvalue weighted by Gasteiger charge is 2.40. The molecule has 1 saturated carbocycles. The van der Waals surface area contributed by atoms with Crippen molar-refractivity contribution in [1.29, 1.82) is 0 Å². The van der Waals surface area contributed by atoms with Crippen molar-refractivity contribution in [2.45, 2.75) is 51.9 Å². The molecule has 1 aromatic rings. The van der Waals surface area contributed by atoms with Crippen molar-refractivity contribution >= 4 is 5.78 Å². The Bertz CT molecular complexity index is 588. The Hall–Kier alpha value is -1.32. The van der Waals surface area contributed by atoms with Crippen molar-refractivity contribution in [2.24, 2.45) is 17.8 Å². The summed E-state index contributed by atoms with van der Waals surface area (Å²) >= 11 is 0. The van der Waals surface area contributed by atoms with Crippen molar-refractivity contribution in [3.63, 3.8) is 0 Å². The highest BCUT2D eigenvalue weighted by Crippen LogP contribution is 2.42. The van der Waals surface area contributed by atoms with Gasteiger partial charge >= 0.3 is 0 Å². The summed E-state index contributed by atoms with van der Waals surface area (Å²) in [5, 5.41) is 0. The quantitative estimate of drug-likeness (QED) is 0.713. The van der Waals surface area contributed by atoms with Crippen LogP contribution in [0, 0.1) is 35.2 Å². The standard InChI is InChI=1S/C18H21F3O/c1-2-3-10-4-6-11(7-5-10)13-8-12-9-14(19)16(20)17(21)15(12)18(13)22/h9-11,13H,2-8H2,1H3/t10-,11-,13?. The van der Waals surface area contributed by atoms with Crippen LogP contribution in [0.1, 0.15) is 61.4 Å². The summed E-state index contributed by atoms with van der Waals surface area (Å²) in [6.07, 6.45) is 6.87. The predicted octanol–water partition coefficient (Wildman–Crippen LogP) is 5.07. The molecule has 1 fully saturated rings. The van der Waals surface area contributed by atoms with Crippen LogP contribution in [0.4, 0.5) is 13.2 Å². The second-order valence-electron chi connectivity index (χ2n) is 6.76. The molecule has 0 bridgehead atoms. The van der Waals surface area contributed by atoms with Gasteiger partial charge in [0.2, 0.25) is 0 Å². The molecule has 2 aliphatic rings. The fraction of sp³-hybridized carbons (Fsp3) is 0.611. The van der Waals surface area contributed by atoms with Crippen LogP contribution in [0.3, 0.4) is 0 Å². The minimum Gasteiger partial charge on any atom is -0.294 e. The summed E-state index contributed by atoms with van der Waals surface area (Å²) in [5.74, 6) is -3.71. The first-order chi connectivity index (χ1) is 10.5. The lowest BCUT2D eigenvalue weighted by molar-refractivity contribution is 0.0847. The van der Waals surface area contributed by atoms with E-state index in [9.17, 15) is 18.0 Å². The molecular formula is C18H21F3O. The van der Waals surface area contributed by atoms with Gasteiger partial charge in [0.1, 0.15) is 0 Å². The second kappa shape index (κ2) is 6.05. The molecule has 0 aromatic heterocycles. The summed E-state index contributed by atoms with van der Waals surface area (Å²) in [7, 11) is 0. The first-order valence-electron chi connectivity index (χ1n) is 8.23. The topological polar surface area (TPSA) is 17.1 Å². The molecule has 1 aromatic carbocycles. The zero-order valence-electron chi connectivity index (χ0n) is 12.8. The van der Waals surface area contributed by atoms with E-state index in [1.165, 1.54) is 12.8 Å². The molecule has 0 amide bonds. The third-order valence-corrected chi connectivity index (χ3v) is 5.42. The summed E-state index contributed by atoms with van der Waals surface area (Å²) in [6, 6.07) is 0.994. The second-order valence-corrected chi connectivity index (χ2v) is 6.76. The highest BCUT2D eigenvalue weighted by molar-refractivity contribution is 6.02. The van der Waals surface area contributed by atoms with Gasteiger partial charge in [-0.3, -0.25) is 4.79 Å². The Morgan fingerprint density at radius 3 is 2.41 bits per heavy atom. The van der Waals surface area contributed by atoms with Gasteiger partial charge in [0.15, 0.2) is 23.2 Å². The number of ketones is 1. The third kappa shape index (κ3) is 2.57. The van der Waals surface area contributed by atoms with E-state index in [1.807, 2.05) is 0 Å². The van der Waals surface area contributed by atoms with E-state index < -0.39 is 17.5 Å². The molecule has 4 heteroatoms. The SMILES string of the molecule is CCC[C@H]1CC[C@H](C2Cc3cc(F)c(F)c(F)c3C2=O)CC1. The van der Waals surface area contributed by atoms with E-state index in [1.54, 1.807) is 0 Å². The Morgan fingerprint density at radius 1 is 1.09 bits per heavy atom. The molecule has 0 aliphatic heterocycles. The van der Waals surface area contributed by atoms with Gasteiger partial charge in [0.25, 0.3) is 0 Å². The predicted molar refractivity (Wildman–Crippen MR) is 78.2 cm³/mol. The molecule has 120 valence electrons. The number of benzene rings is 1. The van der Waals surface area contributed by atoms with E-state index in [4.69, 9.17) is 0 Å². The van der Waals surface area contributed by atoms with Crippen LogP contribution in [0.25, 0.3) is 0 Å². The normalized spacial score (nSPS) is 28.0. The van der Waals surface area contributed by atoms with Gasteiger partial charge in [-0.15, -0.1) is 0 Å². The van der Waals surface area contributed by atoms with Crippen molar-refractivity contribution in [1.82, 2.24) is 0 Å². The number of carbonyl (C=O) groups is 1. The molecule has 1 unspecified atom stereocenters. The average Bonchev–Trinajstić information content (AvgIpc) is 2.83. The fourth-order valence-corrected chi connectivity index (χ4v) is 4.25. The summed E-state index contributed by atoms with van der Waals surface area (Å²) in [4.78, 5) is 12.5. The van der Waals surface area contributed by atoms with Gasteiger partial charge < -0.3 is 0 Å². The van der Waals surface area contributed by atoms with E-state index in [0.717, 1.165) is 37.7 Å². The van der Waals surface area contributed by atoms with Crippen LogP contribution in [0.5, 0.6) is 0 Å². The molecule has 0 saturated heterocycles. The van der Waals surface area contributed by atoms with Crippen LogP contribution >= 0.6 is 0 Å². The van der Waals surface area contributed by atoms with Gasteiger partial charge in [-0.05, 0) is 42.7 Å². The molecule has 22 heavy (non-hydrogen) atoms. The van der Waals surface area contributed by atoms with Crippen molar-refractivity contribution in [3.8, 4) is 0 Å². The van der Waals surface area contributed by atoms with Gasteiger partial charge in [0, 0.05) is 5.92 Å². The van der Waals surface area contributed by atoms with Crippen molar-refractivity contribution in [3.05, 3.63) is 34.6 Å². The summed E-state index contributed by atoms with van der Waals surface area (Å²) in [5.41, 5.74) is 0.127. The zero-order valence-corrected chi connectivity index (χ0v) is 12.8. The van der Waals surface area contributed by atoms with Crippen LogP contribution in [0.2, 0.25) is 0 Å². The Kier molecular flexibility index (Phi) is 4.28. The molecule has 0 spiro atoms. The molecular weight excluding hydrogens is 289 g/mol. The maximum atomic E-state index is 13.9. The minimum absolute atomic E-state index is 0.209. The lowest BCUT2D eigenvalue weighted by atomic mass is 9.73. The summed E-state index contributed by atoms with van der Waals surface area (Å²) < 4.78 is 40.6. The van der Waals surface area contributed by atoms with Crippen LogP contribution in [-0.2, 0) is 6.42 Å². The average molecular weight is 310 g/mol. The van der Waals surface area contributed by atoms with Crippen LogP contribution < -0.4 is 0 Å². The number of Topliss-reactive ketones (excluding diaryl/α,β-unsaturated/α-hetero) is 1. The van der Waals surface area contributed by atoms with Crippen LogP contribution in [0.15, 0.2) is 6.07 Å². The first-order valence-corrected chi connectivity index (χ1v) is 8.23. The number of rotatable bonds is 3. The number of hydrogen-bond donors (Lipinski definition) is 0. The minimum atomic E-state index is -1.53. The largest absolute Gasteiger partial charge is 0.294 e. The van der Waals surface area contributed by atoms with Crippen LogP contribution in [-0.4, -0.2) is 5.78 Å². The van der Waals surface area contributed by atoms with E-state index >= 15 is 0 Å². The molecule has 2 aliphatic carbocycles. The molecule has 3 rings (SSSR count). The zero-order chi connectivity index (χ0) is 15.9. The van der Waals surface area contributed by atoms with Gasteiger partial charge in [0.05, 0.1) is 5.56 Å². The van der Waals surface area contributed by atoms with Crippen molar-refractivity contribution < 1.29 is 18.0 Å². The molecule has 1 nitrogen and oxygen atoms in total. The van der Waals surface area contributed by atoms with E-state index in [2.05, 4.69) is 6.92 Å². The van der Waals surface area contributed by atoms with Gasteiger partial charge in [-0.1, -0.05) is 32.6 Å². The maximum absolute atomic E-state index is 13.9. The van der Waals surface area contributed by atoms with E-state index in [-0.39, 0.29) is 23.2 Å². The lowest BCUT2D eigenvalue weighted by Gasteiger charge is -2.31. The van der Waals surface area contributed by atoms with E-state index in [0.29, 0.717) is 12.0 Å². The van der Waals surface area contributed by atoms with Gasteiger partial charge in [-0.25, -0.2) is 13.2 Å². The number of carbonyl (C=O) groups excluding carboxylic acids is 1. The number of halogens is 3. The Balaban J connectivity index is 1.76. The lowest BCUT2D eigenvalue weighted by Crippen LogP contribution is -2.26. The summed E-state index contributed by atoms with van der Waals surface area (Å²) in [6.45, 7) is 2.18. The first kappa shape index (κ1) is 15.6. The monoisotopic (exact) mass is 310 g/mol. The molecule has 0 N–H and O–H groups in total. The third-order valence-electron chi connectivity index (χ3n) is 5.42. The number of fused-ring (bicyclic) bond motifs is 1. The smallest absolute Gasteiger partial charge is 0.195 e. The Morgan fingerprint density at radius 2 is 1.77 bits per heavy atom. The van der Waals surface area contributed by atoms with Gasteiger partial charge in [-0.2, -0.15) is 0 Å². The molecule has 0 radical (unpaired) electrons. The Labute approximate surface area is 128 Å². The highest BCUT2D eigenvalue weighted by atomic mass is 19.2. The fourth-order valence-electron chi connectivity index (χ4n) is 4.25. The van der Waals surface area contributed by atoms with Crippen molar-refractivity contribution in [2.75, 3.05) is 0 Å². The maximum Gasteiger partial charge on any atom is 0.195 e. The number of hydrogen-bond acceptors (Lipinski definition) is 1. The molecule has 0 heterocycles.